The molecule has 0 fully saturated rings. The Bertz CT molecular complexity index is 297. The summed E-state index contributed by atoms with van der Waals surface area (Å²) in [6.45, 7) is 4.94. The van der Waals surface area contributed by atoms with Crippen LogP contribution in [0.25, 0.3) is 0 Å². The first-order chi connectivity index (χ1) is 6.88. The van der Waals surface area contributed by atoms with E-state index in [1.54, 1.807) is 0 Å². The van der Waals surface area contributed by atoms with Crippen LogP contribution in [0.1, 0.15) is 37.6 Å². The second kappa shape index (κ2) is 6.52. The lowest BCUT2D eigenvalue weighted by atomic mass is 10.1. The molecule has 1 atom stereocenters. The third-order valence-electron chi connectivity index (χ3n) is 1.91. The maximum absolute atomic E-state index is 3.87. The summed E-state index contributed by atoms with van der Waals surface area (Å²) in [5, 5.41) is 7.25. The van der Waals surface area contributed by atoms with E-state index in [4.69, 9.17) is 0 Å². The molecule has 0 amide bonds. The molecule has 1 unspecified atom stereocenters. The molecule has 1 rings (SSSR count). The van der Waals surface area contributed by atoms with Gasteiger partial charge in [-0.3, -0.25) is 0 Å². The molecular formula is C10H15N3S. The molecule has 0 aliphatic carbocycles. The molecule has 1 heterocycles. The van der Waals surface area contributed by atoms with E-state index in [9.17, 15) is 0 Å². The van der Waals surface area contributed by atoms with Crippen LogP contribution >= 0.6 is 11.5 Å². The van der Waals surface area contributed by atoms with Gasteiger partial charge in [0.15, 0.2) is 0 Å². The zero-order chi connectivity index (χ0) is 10.2. The summed E-state index contributed by atoms with van der Waals surface area (Å²) in [4.78, 5) is 1.20. The van der Waals surface area contributed by atoms with E-state index in [0.717, 1.165) is 19.4 Å². The zero-order valence-corrected chi connectivity index (χ0v) is 9.40. The number of hydrogen-bond donors (Lipinski definition) is 1. The van der Waals surface area contributed by atoms with Crippen LogP contribution in [0, 0.1) is 11.8 Å². The van der Waals surface area contributed by atoms with Crippen molar-refractivity contribution in [1.29, 1.82) is 0 Å². The van der Waals surface area contributed by atoms with Gasteiger partial charge in [-0.2, -0.15) is 0 Å². The van der Waals surface area contributed by atoms with Crippen LogP contribution in [0.5, 0.6) is 0 Å². The van der Waals surface area contributed by atoms with Crippen LogP contribution in [0.2, 0.25) is 0 Å². The van der Waals surface area contributed by atoms with Gasteiger partial charge in [-0.05, 0) is 31.4 Å². The van der Waals surface area contributed by atoms with Crippen LogP contribution in [0.4, 0.5) is 0 Å². The molecule has 0 radical (unpaired) electrons. The lowest BCUT2D eigenvalue weighted by molar-refractivity contribution is 0.529. The summed E-state index contributed by atoms with van der Waals surface area (Å²) < 4.78 is 3.87. The van der Waals surface area contributed by atoms with Gasteiger partial charge in [-0.1, -0.05) is 11.4 Å². The molecule has 0 bridgehead atoms. The summed E-state index contributed by atoms with van der Waals surface area (Å²) in [6, 6.07) is 0.362. The standard InChI is InChI=1S/C10H15N3S/c1-3-5-6-7-9(11-4-2)10-8-12-13-14-10/h8-9,11H,4,6-7H2,1-2H3. The van der Waals surface area contributed by atoms with Gasteiger partial charge in [-0.15, -0.1) is 16.9 Å². The number of aromatic nitrogens is 2. The topological polar surface area (TPSA) is 37.8 Å². The Morgan fingerprint density at radius 1 is 1.64 bits per heavy atom. The minimum atomic E-state index is 0.362. The Morgan fingerprint density at radius 2 is 2.50 bits per heavy atom. The van der Waals surface area contributed by atoms with Crippen molar-refractivity contribution in [2.75, 3.05) is 6.54 Å². The molecule has 76 valence electrons. The summed E-state index contributed by atoms with van der Waals surface area (Å²) in [5.74, 6) is 5.98. The average molecular weight is 209 g/mol. The Balaban J connectivity index is 2.50. The Kier molecular flexibility index (Phi) is 5.20. The van der Waals surface area contributed by atoms with Crippen LogP contribution in [-0.4, -0.2) is 16.1 Å². The number of nitrogens with zero attached hydrogens (tertiary/aromatic N) is 2. The first-order valence-corrected chi connectivity index (χ1v) is 5.56. The summed E-state index contributed by atoms with van der Waals surface area (Å²) >= 11 is 1.46. The fourth-order valence-corrected chi connectivity index (χ4v) is 1.87. The van der Waals surface area contributed by atoms with Crippen molar-refractivity contribution in [3.63, 3.8) is 0 Å². The highest BCUT2D eigenvalue weighted by Crippen LogP contribution is 2.19. The van der Waals surface area contributed by atoms with Gasteiger partial charge in [0.2, 0.25) is 0 Å². The molecule has 1 N–H and O–H groups in total. The van der Waals surface area contributed by atoms with Gasteiger partial charge in [0.1, 0.15) is 0 Å². The molecule has 0 aliphatic rings. The third kappa shape index (κ3) is 3.44. The number of nitrogens with one attached hydrogen (secondary N) is 1. The third-order valence-corrected chi connectivity index (χ3v) is 2.68. The summed E-state index contributed by atoms with van der Waals surface area (Å²) in [6.07, 6.45) is 3.78. The maximum Gasteiger partial charge on any atom is 0.0669 e. The van der Waals surface area contributed by atoms with E-state index in [1.165, 1.54) is 16.4 Å². The quantitative estimate of drug-likeness (QED) is 0.754. The number of rotatable bonds is 5. The predicted octanol–water partition coefficient (Wildman–Crippen LogP) is 1.99. The normalized spacial score (nSPS) is 11.9. The first-order valence-electron chi connectivity index (χ1n) is 4.78. The molecule has 1 aromatic heterocycles. The van der Waals surface area contributed by atoms with E-state index in [0.29, 0.717) is 6.04 Å². The van der Waals surface area contributed by atoms with Gasteiger partial charge < -0.3 is 5.32 Å². The predicted molar refractivity (Wildman–Crippen MR) is 59.0 cm³/mol. The van der Waals surface area contributed by atoms with Crippen molar-refractivity contribution in [3.8, 4) is 11.8 Å². The van der Waals surface area contributed by atoms with E-state index in [2.05, 4.69) is 33.7 Å². The Morgan fingerprint density at radius 3 is 3.07 bits per heavy atom. The van der Waals surface area contributed by atoms with Gasteiger partial charge in [-0.25, -0.2) is 0 Å². The molecule has 0 aromatic carbocycles. The van der Waals surface area contributed by atoms with Crippen molar-refractivity contribution in [3.05, 3.63) is 11.1 Å². The zero-order valence-electron chi connectivity index (χ0n) is 8.58. The average Bonchev–Trinajstić information content (AvgIpc) is 2.70. The fourth-order valence-electron chi connectivity index (χ4n) is 1.26. The molecule has 1 aromatic rings. The first kappa shape index (κ1) is 11.2. The van der Waals surface area contributed by atoms with E-state index >= 15 is 0 Å². The molecule has 0 spiro atoms. The highest BCUT2D eigenvalue weighted by Gasteiger charge is 2.11. The molecule has 0 aliphatic heterocycles. The van der Waals surface area contributed by atoms with Gasteiger partial charge in [0.25, 0.3) is 0 Å². The van der Waals surface area contributed by atoms with Crippen LogP contribution in [-0.2, 0) is 0 Å². The van der Waals surface area contributed by atoms with E-state index < -0.39 is 0 Å². The molecule has 14 heavy (non-hydrogen) atoms. The van der Waals surface area contributed by atoms with Crippen LogP contribution in [0.15, 0.2) is 6.20 Å². The van der Waals surface area contributed by atoms with Crippen molar-refractivity contribution >= 4 is 11.5 Å². The van der Waals surface area contributed by atoms with Gasteiger partial charge in [0.05, 0.1) is 11.1 Å². The summed E-state index contributed by atoms with van der Waals surface area (Å²) in [7, 11) is 0. The van der Waals surface area contributed by atoms with E-state index in [1.807, 2.05) is 13.1 Å². The second-order valence-electron chi connectivity index (χ2n) is 2.90. The smallest absolute Gasteiger partial charge is 0.0669 e. The molecule has 3 nitrogen and oxygen atoms in total. The van der Waals surface area contributed by atoms with Gasteiger partial charge in [0, 0.05) is 12.5 Å². The lowest BCUT2D eigenvalue weighted by Crippen LogP contribution is -2.19. The summed E-state index contributed by atoms with van der Waals surface area (Å²) in [5.41, 5.74) is 0. The molecule has 0 saturated carbocycles. The van der Waals surface area contributed by atoms with Crippen LogP contribution in [0.3, 0.4) is 0 Å². The largest absolute Gasteiger partial charge is 0.309 e. The van der Waals surface area contributed by atoms with Gasteiger partial charge >= 0.3 is 0 Å². The molecule has 4 heteroatoms. The second-order valence-corrected chi connectivity index (χ2v) is 3.71. The highest BCUT2D eigenvalue weighted by molar-refractivity contribution is 7.05. The maximum atomic E-state index is 3.87. The molecular weight excluding hydrogens is 194 g/mol. The van der Waals surface area contributed by atoms with Crippen molar-refractivity contribution < 1.29 is 0 Å². The minimum absolute atomic E-state index is 0.362. The van der Waals surface area contributed by atoms with Crippen molar-refractivity contribution in [2.24, 2.45) is 0 Å². The Hall–Kier alpha value is -0.920. The van der Waals surface area contributed by atoms with Crippen molar-refractivity contribution in [2.45, 2.75) is 32.7 Å². The SMILES string of the molecule is CC#CCCC(NCC)c1cnns1. The number of hydrogen-bond acceptors (Lipinski definition) is 4. The minimum Gasteiger partial charge on any atom is -0.309 e. The van der Waals surface area contributed by atoms with E-state index in [-0.39, 0.29) is 0 Å². The molecule has 0 saturated heterocycles. The fraction of sp³-hybridized carbons (Fsp3) is 0.600. The highest BCUT2D eigenvalue weighted by atomic mass is 32.1. The Labute approximate surface area is 89.1 Å². The lowest BCUT2D eigenvalue weighted by Gasteiger charge is -2.13. The monoisotopic (exact) mass is 209 g/mol. The van der Waals surface area contributed by atoms with Crippen molar-refractivity contribution in [1.82, 2.24) is 14.9 Å². The van der Waals surface area contributed by atoms with Crippen LogP contribution < -0.4 is 5.32 Å².